The summed E-state index contributed by atoms with van der Waals surface area (Å²) in [6, 6.07) is 13.1. The number of amides is 2. The second-order valence-electron chi connectivity index (χ2n) is 8.96. The molecule has 0 unspecified atom stereocenters. The molecule has 5 aliphatic rings. The van der Waals surface area contributed by atoms with Crippen molar-refractivity contribution < 1.29 is 14.3 Å². The molecule has 6 atom stereocenters. The topological polar surface area (TPSA) is 59.0 Å². The number of imide groups is 1. The monoisotopic (exact) mass is 510 g/mol. The Morgan fingerprint density at radius 1 is 1.06 bits per heavy atom. The zero-order valence-electron chi connectivity index (χ0n) is 17.0. The van der Waals surface area contributed by atoms with Crippen LogP contribution < -0.4 is 4.74 Å². The van der Waals surface area contributed by atoms with Crippen molar-refractivity contribution in [1.29, 1.82) is 0 Å². The second-order valence-corrected chi connectivity index (χ2v) is 10.2. The maximum Gasteiger partial charge on any atom is 0.254 e. The van der Waals surface area contributed by atoms with Crippen molar-refractivity contribution in [3.63, 3.8) is 0 Å². The zero-order chi connectivity index (χ0) is 22.0. The molecule has 2 aromatic rings. The van der Waals surface area contributed by atoms with Gasteiger partial charge in [0.2, 0.25) is 0 Å². The van der Waals surface area contributed by atoms with E-state index < -0.39 is 0 Å². The molecule has 0 spiro atoms. The van der Waals surface area contributed by atoms with Gasteiger partial charge in [-0.15, -0.1) is 0 Å². The van der Waals surface area contributed by atoms with Crippen molar-refractivity contribution in [2.45, 2.75) is 13.0 Å². The first-order chi connectivity index (χ1) is 15.5. The third-order valence-electron chi connectivity index (χ3n) is 7.26. The van der Waals surface area contributed by atoms with Crippen LogP contribution in [0.5, 0.6) is 5.75 Å². The van der Waals surface area contributed by atoms with Crippen LogP contribution >= 0.6 is 27.5 Å². The van der Waals surface area contributed by atoms with E-state index in [0.717, 1.165) is 27.0 Å². The number of allylic oxidation sites excluding steroid dienone is 2. The van der Waals surface area contributed by atoms with Crippen LogP contribution in [0, 0.1) is 35.5 Å². The van der Waals surface area contributed by atoms with Crippen molar-refractivity contribution in [1.82, 2.24) is 5.01 Å². The van der Waals surface area contributed by atoms with Gasteiger partial charge in [0.25, 0.3) is 11.8 Å². The first kappa shape index (κ1) is 20.2. The van der Waals surface area contributed by atoms with Gasteiger partial charge in [0, 0.05) is 10.6 Å². The number of hydrogen-bond donors (Lipinski definition) is 0. The maximum absolute atomic E-state index is 13.0. The third kappa shape index (κ3) is 3.15. The molecule has 2 bridgehead atoms. The molecule has 2 saturated carbocycles. The number of hydrazone groups is 1. The predicted molar refractivity (Wildman–Crippen MR) is 124 cm³/mol. The summed E-state index contributed by atoms with van der Waals surface area (Å²) in [5, 5.41) is 6.06. The molecule has 0 aromatic heterocycles. The van der Waals surface area contributed by atoms with Crippen LogP contribution in [0.1, 0.15) is 17.5 Å². The minimum atomic E-state index is -0.231. The van der Waals surface area contributed by atoms with Crippen molar-refractivity contribution in [2.75, 3.05) is 0 Å². The van der Waals surface area contributed by atoms with Gasteiger partial charge in [-0.1, -0.05) is 42.0 Å². The average molecular weight is 512 g/mol. The molecule has 3 fully saturated rings. The summed E-state index contributed by atoms with van der Waals surface area (Å²) in [6.45, 7) is 0.351. The highest BCUT2D eigenvalue weighted by molar-refractivity contribution is 9.10. The number of benzene rings is 2. The van der Waals surface area contributed by atoms with Gasteiger partial charge in [0.05, 0.1) is 22.5 Å². The Morgan fingerprint density at radius 3 is 2.41 bits per heavy atom. The lowest BCUT2D eigenvalue weighted by Crippen LogP contribution is -2.40. The van der Waals surface area contributed by atoms with Crippen LogP contribution in [-0.4, -0.2) is 23.0 Å². The van der Waals surface area contributed by atoms with Crippen LogP contribution in [0.4, 0.5) is 0 Å². The number of nitrogens with zero attached hydrogens (tertiary/aromatic N) is 2. The first-order valence-electron chi connectivity index (χ1n) is 10.8. The van der Waals surface area contributed by atoms with Crippen LogP contribution in [0.15, 0.2) is 64.2 Å². The summed E-state index contributed by atoms with van der Waals surface area (Å²) < 4.78 is 6.63. The van der Waals surface area contributed by atoms with Gasteiger partial charge in [0.1, 0.15) is 12.4 Å². The molecule has 1 aliphatic heterocycles. The van der Waals surface area contributed by atoms with Gasteiger partial charge in [-0.25, -0.2) is 0 Å². The Labute approximate surface area is 199 Å². The number of ether oxygens (including phenoxy) is 1. The number of halogens is 2. The predicted octanol–water partition coefficient (Wildman–Crippen LogP) is 5.07. The lowest BCUT2D eigenvalue weighted by atomic mass is 9.63. The molecule has 1 heterocycles. The van der Waals surface area contributed by atoms with E-state index in [1.165, 1.54) is 0 Å². The van der Waals surface area contributed by atoms with Crippen molar-refractivity contribution in [3.8, 4) is 5.75 Å². The van der Waals surface area contributed by atoms with E-state index in [4.69, 9.17) is 16.3 Å². The van der Waals surface area contributed by atoms with Gasteiger partial charge in [-0.05, 0) is 75.9 Å². The maximum atomic E-state index is 13.0. The first-order valence-corrected chi connectivity index (χ1v) is 12.0. The minimum Gasteiger partial charge on any atom is -0.488 e. The van der Waals surface area contributed by atoms with Crippen molar-refractivity contribution >= 4 is 45.6 Å². The molecular weight excluding hydrogens is 492 g/mol. The van der Waals surface area contributed by atoms with Crippen LogP contribution in [-0.2, 0) is 16.2 Å². The van der Waals surface area contributed by atoms with Gasteiger partial charge in [-0.2, -0.15) is 10.1 Å². The summed E-state index contributed by atoms with van der Waals surface area (Å²) >= 11 is 9.71. The Kier molecular flexibility index (Phi) is 4.77. The van der Waals surface area contributed by atoms with Crippen LogP contribution in [0.2, 0.25) is 5.02 Å². The van der Waals surface area contributed by atoms with Gasteiger partial charge in [0.15, 0.2) is 0 Å². The fourth-order valence-electron chi connectivity index (χ4n) is 5.66. The van der Waals surface area contributed by atoms with E-state index >= 15 is 0 Å². The third-order valence-corrected chi connectivity index (χ3v) is 8.25. The Balaban J connectivity index is 1.16. The molecule has 7 rings (SSSR count). The van der Waals surface area contributed by atoms with E-state index in [9.17, 15) is 9.59 Å². The van der Waals surface area contributed by atoms with Gasteiger partial charge < -0.3 is 4.74 Å². The number of carbonyl (C=O) groups is 2. The van der Waals surface area contributed by atoms with E-state index in [-0.39, 0.29) is 35.5 Å². The lowest BCUT2D eigenvalue weighted by Gasteiger charge is -2.37. The summed E-state index contributed by atoms with van der Waals surface area (Å²) in [5.41, 5.74) is 1.67. The van der Waals surface area contributed by atoms with Crippen LogP contribution in [0.25, 0.3) is 0 Å². The molecule has 2 amide bonds. The zero-order valence-corrected chi connectivity index (χ0v) is 19.4. The molecule has 0 radical (unpaired) electrons. The molecular formula is C25H20BrClN2O3. The molecule has 1 saturated heterocycles. The second kappa shape index (κ2) is 7.56. The standard InChI is InChI=1S/C25H20BrClN2O3/c26-19-9-13(5-8-21(19)32-12-14-3-1-2-4-20(14)27)11-28-29-24(30)22-15-6-7-16(18-10-17(15)18)23(22)25(29)31/h1-9,11,15-18,22-23H,10,12H2/t15-,16-,17-,18+,22+,23+/m0/s1. The molecule has 32 heavy (non-hydrogen) atoms. The summed E-state index contributed by atoms with van der Waals surface area (Å²) in [7, 11) is 0. The van der Waals surface area contributed by atoms with E-state index in [2.05, 4.69) is 33.2 Å². The molecule has 162 valence electrons. The largest absolute Gasteiger partial charge is 0.488 e. The molecule has 2 aromatic carbocycles. The summed E-state index contributed by atoms with van der Waals surface area (Å²) in [5.74, 6) is 1.48. The van der Waals surface area contributed by atoms with Gasteiger partial charge in [-0.3, -0.25) is 9.59 Å². The molecule has 7 heteroatoms. The number of hydrogen-bond acceptors (Lipinski definition) is 4. The summed E-state index contributed by atoms with van der Waals surface area (Å²) in [6.07, 6.45) is 7.04. The lowest BCUT2D eigenvalue weighted by molar-refractivity contribution is -0.140. The highest BCUT2D eigenvalue weighted by Gasteiger charge is 2.67. The SMILES string of the molecule is O=C1[C@@H]2[C@H]3C=C[C@@H]([C@@H]4C[C@H]34)[C@H]2C(=O)N1N=Cc1ccc(OCc2ccccc2Cl)c(Br)c1. The van der Waals surface area contributed by atoms with Crippen molar-refractivity contribution in [3.05, 3.63) is 75.2 Å². The fraction of sp³-hybridized carbons (Fsp3) is 0.320. The Morgan fingerprint density at radius 2 is 1.75 bits per heavy atom. The molecule has 4 aliphatic carbocycles. The molecule has 5 nitrogen and oxygen atoms in total. The van der Waals surface area contributed by atoms with E-state index in [1.54, 1.807) is 6.21 Å². The van der Waals surface area contributed by atoms with Gasteiger partial charge >= 0.3 is 0 Å². The Hall–Kier alpha value is -2.44. The molecule has 0 N–H and O–H groups in total. The average Bonchev–Trinajstić information content (AvgIpc) is 3.57. The smallest absolute Gasteiger partial charge is 0.254 e. The highest BCUT2D eigenvalue weighted by atomic mass is 79.9. The van der Waals surface area contributed by atoms with Crippen molar-refractivity contribution in [2.24, 2.45) is 40.6 Å². The summed E-state index contributed by atoms with van der Waals surface area (Å²) in [4.78, 5) is 26.0. The number of rotatable bonds is 5. The van der Waals surface area contributed by atoms with Crippen LogP contribution in [0.3, 0.4) is 0 Å². The fourth-order valence-corrected chi connectivity index (χ4v) is 6.37. The quantitative estimate of drug-likeness (QED) is 0.320. The van der Waals surface area contributed by atoms with E-state index in [0.29, 0.717) is 29.2 Å². The highest BCUT2D eigenvalue weighted by Crippen LogP contribution is 2.65. The Bertz CT molecular complexity index is 1160. The normalized spacial score (nSPS) is 31.9. The van der Waals surface area contributed by atoms with E-state index in [1.807, 2.05) is 42.5 Å². The number of carbonyl (C=O) groups excluding carboxylic acids is 2. The minimum absolute atomic E-state index is 0.153.